The van der Waals surface area contributed by atoms with Gasteiger partial charge in [0.2, 0.25) is 5.78 Å². The SMILES string of the molecule is N#C/C(C(=O)c1ccccc1)=C1/C(=O)Nc2ccc(Br)cc21. The Balaban J connectivity index is 2.20. The Morgan fingerprint density at radius 3 is 2.55 bits per heavy atom. The Morgan fingerprint density at radius 2 is 1.86 bits per heavy atom. The van der Waals surface area contributed by atoms with Crippen molar-refractivity contribution in [1.82, 2.24) is 0 Å². The van der Waals surface area contributed by atoms with Gasteiger partial charge in [-0.3, -0.25) is 9.59 Å². The van der Waals surface area contributed by atoms with E-state index in [9.17, 15) is 14.9 Å². The van der Waals surface area contributed by atoms with Crippen LogP contribution in [0.2, 0.25) is 0 Å². The Labute approximate surface area is 135 Å². The summed E-state index contributed by atoms with van der Waals surface area (Å²) in [6, 6.07) is 15.6. The van der Waals surface area contributed by atoms with Gasteiger partial charge in [-0.2, -0.15) is 5.26 Å². The zero-order chi connectivity index (χ0) is 15.7. The highest BCUT2D eigenvalue weighted by molar-refractivity contribution is 9.10. The van der Waals surface area contributed by atoms with E-state index in [1.807, 2.05) is 6.07 Å². The molecule has 5 heteroatoms. The van der Waals surface area contributed by atoms with Crippen LogP contribution in [0.25, 0.3) is 5.57 Å². The van der Waals surface area contributed by atoms with Crippen LogP contribution in [0.4, 0.5) is 5.69 Å². The molecule has 0 saturated carbocycles. The zero-order valence-electron chi connectivity index (χ0n) is 11.3. The quantitative estimate of drug-likeness (QED) is 0.510. The van der Waals surface area contributed by atoms with E-state index in [0.29, 0.717) is 16.8 Å². The molecule has 1 amide bonds. The summed E-state index contributed by atoms with van der Waals surface area (Å²) in [5.74, 6) is -0.894. The third kappa shape index (κ3) is 2.34. The minimum Gasteiger partial charge on any atom is -0.321 e. The maximum absolute atomic E-state index is 12.5. The molecule has 1 heterocycles. The molecule has 106 valence electrons. The molecule has 2 aromatic rings. The Kier molecular flexibility index (Phi) is 3.61. The van der Waals surface area contributed by atoms with Crippen molar-refractivity contribution in [3.8, 4) is 6.07 Å². The number of nitrogens with one attached hydrogen (secondary N) is 1. The number of ketones is 1. The first-order chi connectivity index (χ1) is 10.6. The van der Waals surface area contributed by atoms with Gasteiger partial charge in [0.25, 0.3) is 5.91 Å². The van der Waals surface area contributed by atoms with Crippen molar-refractivity contribution in [2.45, 2.75) is 0 Å². The van der Waals surface area contributed by atoms with E-state index < -0.39 is 11.7 Å². The van der Waals surface area contributed by atoms with Crippen LogP contribution in [-0.4, -0.2) is 11.7 Å². The first-order valence-corrected chi connectivity index (χ1v) is 7.26. The molecule has 0 fully saturated rings. The fraction of sp³-hybridized carbons (Fsp3) is 0. The fourth-order valence-corrected chi connectivity index (χ4v) is 2.70. The molecule has 0 aromatic heterocycles. The van der Waals surface area contributed by atoms with E-state index in [-0.39, 0.29) is 11.1 Å². The molecule has 0 unspecified atom stereocenters. The number of halogens is 1. The van der Waals surface area contributed by atoms with Gasteiger partial charge in [-0.1, -0.05) is 46.3 Å². The molecule has 0 radical (unpaired) electrons. The number of anilines is 1. The van der Waals surface area contributed by atoms with Crippen LogP contribution in [0.3, 0.4) is 0 Å². The Morgan fingerprint density at radius 1 is 1.14 bits per heavy atom. The number of amides is 1. The lowest BCUT2D eigenvalue weighted by Crippen LogP contribution is -2.11. The van der Waals surface area contributed by atoms with Gasteiger partial charge in [-0.15, -0.1) is 0 Å². The number of Topliss-reactive ketones (excluding diaryl/α,β-unsaturated/α-hetero) is 1. The molecule has 2 aromatic carbocycles. The smallest absolute Gasteiger partial charge is 0.257 e. The zero-order valence-corrected chi connectivity index (χ0v) is 12.8. The number of hydrogen-bond donors (Lipinski definition) is 1. The number of allylic oxidation sites excluding steroid dienone is 1. The lowest BCUT2D eigenvalue weighted by atomic mass is 9.95. The number of benzene rings is 2. The molecule has 0 bridgehead atoms. The van der Waals surface area contributed by atoms with Crippen molar-refractivity contribution in [1.29, 1.82) is 5.26 Å². The Hall–Kier alpha value is -2.71. The van der Waals surface area contributed by atoms with Crippen LogP contribution in [-0.2, 0) is 4.79 Å². The van der Waals surface area contributed by atoms with E-state index in [1.165, 1.54) is 0 Å². The molecule has 1 aliphatic rings. The highest BCUT2D eigenvalue weighted by Crippen LogP contribution is 2.36. The standard InChI is InChI=1S/C17H9BrN2O2/c18-11-6-7-14-12(8-11)15(17(22)20-14)13(9-19)16(21)10-4-2-1-3-5-10/h1-8H,(H,20,22)/b15-13-. The van der Waals surface area contributed by atoms with Crippen molar-refractivity contribution in [3.05, 3.63) is 69.7 Å². The van der Waals surface area contributed by atoms with Gasteiger partial charge < -0.3 is 5.32 Å². The van der Waals surface area contributed by atoms with Gasteiger partial charge in [-0.05, 0) is 18.2 Å². The molecule has 3 rings (SSSR count). The average Bonchev–Trinajstić information content (AvgIpc) is 2.85. The van der Waals surface area contributed by atoms with Crippen molar-refractivity contribution in [3.63, 3.8) is 0 Å². The molecule has 1 aliphatic heterocycles. The lowest BCUT2D eigenvalue weighted by Gasteiger charge is -2.03. The molecule has 0 aliphatic carbocycles. The Bertz CT molecular complexity index is 864. The highest BCUT2D eigenvalue weighted by atomic mass is 79.9. The first kappa shape index (κ1) is 14.2. The van der Waals surface area contributed by atoms with Crippen molar-refractivity contribution < 1.29 is 9.59 Å². The number of hydrogen-bond acceptors (Lipinski definition) is 3. The third-order valence-corrected chi connectivity index (χ3v) is 3.84. The number of carbonyl (C=O) groups is 2. The molecular weight excluding hydrogens is 344 g/mol. The molecular formula is C17H9BrN2O2. The topological polar surface area (TPSA) is 70.0 Å². The summed E-state index contributed by atoms with van der Waals surface area (Å²) >= 11 is 3.34. The normalized spacial score (nSPS) is 14.8. The lowest BCUT2D eigenvalue weighted by molar-refractivity contribution is -0.110. The monoisotopic (exact) mass is 352 g/mol. The summed E-state index contributed by atoms with van der Waals surface area (Å²) in [6.45, 7) is 0. The van der Waals surface area contributed by atoms with Crippen molar-refractivity contribution in [2.24, 2.45) is 0 Å². The van der Waals surface area contributed by atoms with Crippen molar-refractivity contribution >= 4 is 38.9 Å². The summed E-state index contributed by atoms with van der Waals surface area (Å²) < 4.78 is 0.768. The van der Waals surface area contributed by atoms with Gasteiger partial charge in [0.1, 0.15) is 11.6 Å². The van der Waals surface area contributed by atoms with E-state index in [0.717, 1.165) is 4.47 Å². The fourth-order valence-electron chi connectivity index (χ4n) is 2.34. The number of nitriles is 1. The second-order valence-electron chi connectivity index (χ2n) is 4.70. The predicted molar refractivity (Wildman–Crippen MR) is 86.1 cm³/mol. The van der Waals surface area contributed by atoms with Gasteiger partial charge in [0, 0.05) is 21.3 Å². The number of fused-ring (bicyclic) bond motifs is 1. The molecule has 0 saturated heterocycles. The second-order valence-corrected chi connectivity index (χ2v) is 5.62. The number of rotatable bonds is 2. The molecule has 4 nitrogen and oxygen atoms in total. The summed E-state index contributed by atoms with van der Waals surface area (Å²) in [7, 11) is 0. The van der Waals surface area contributed by atoms with E-state index in [4.69, 9.17) is 0 Å². The number of carbonyl (C=O) groups excluding carboxylic acids is 2. The van der Waals surface area contributed by atoms with Gasteiger partial charge >= 0.3 is 0 Å². The largest absolute Gasteiger partial charge is 0.321 e. The van der Waals surface area contributed by atoms with Crippen LogP contribution in [0.5, 0.6) is 0 Å². The third-order valence-electron chi connectivity index (χ3n) is 3.35. The molecule has 22 heavy (non-hydrogen) atoms. The van der Waals surface area contributed by atoms with Gasteiger partial charge in [0.15, 0.2) is 0 Å². The average molecular weight is 353 g/mol. The van der Waals surface area contributed by atoms with Crippen LogP contribution in [0, 0.1) is 11.3 Å². The molecule has 0 atom stereocenters. The first-order valence-electron chi connectivity index (χ1n) is 6.47. The van der Waals surface area contributed by atoms with E-state index in [1.54, 1.807) is 48.5 Å². The van der Waals surface area contributed by atoms with Crippen LogP contribution >= 0.6 is 15.9 Å². The van der Waals surface area contributed by atoms with Gasteiger partial charge in [-0.25, -0.2) is 0 Å². The van der Waals surface area contributed by atoms with Crippen molar-refractivity contribution in [2.75, 3.05) is 5.32 Å². The minimum atomic E-state index is -0.457. The minimum absolute atomic E-state index is 0.118. The second kappa shape index (κ2) is 5.58. The van der Waals surface area contributed by atoms with Crippen LogP contribution in [0.15, 0.2) is 58.6 Å². The van der Waals surface area contributed by atoms with Crippen LogP contribution < -0.4 is 5.32 Å². The molecule has 1 N–H and O–H groups in total. The maximum atomic E-state index is 12.5. The predicted octanol–water partition coefficient (Wildman–Crippen LogP) is 3.56. The summed E-state index contributed by atoms with van der Waals surface area (Å²) in [5, 5.41) is 12.1. The summed E-state index contributed by atoms with van der Waals surface area (Å²) in [4.78, 5) is 24.7. The number of nitrogens with zero attached hydrogens (tertiary/aromatic N) is 1. The van der Waals surface area contributed by atoms with E-state index >= 15 is 0 Å². The maximum Gasteiger partial charge on any atom is 0.257 e. The highest BCUT2D eigenvalue weighted by Gasteiger charge is 2.30. The molecule has 0 spiro atoms. The van der Waals surface area contributed by atoms with E-state index in [2.05, 4.69) is 21.2 Å². The van der Waals surface area contributed by atoms with Gasteiger partial charge in [0.05, 0.1) is 5.57 Å². The summed E-state index contributed by atoms with van der Waals surface area (Å²) in [5.41, 5.74) is 1.49. The van der Waals surface area contributed by atoms with Crippen LogP contribution in [0.1, 0.15) is 15.9 Å². The summed E-state index contributed by atoms with van der Waals surface area (Å²) in [6.07, 6.45) is 0.